The molecule has 1 spiro atoms. The van der Waals surface area contributed by atoms with Crippen molar-refractivity contribution in [3.05, 3.63) is 0 Å². The molecule has 3 rings (SSSR count). The zero-order valence-electron chi connectivity index (χ0n) is 10.8. The summed E-state index contributed by atoms with van der Waals surface area (Å²) >= 11 is 0. The highest BCUT2D eigenvalue weighted by atomic mass is 16.1. The van der Waals surface area contributed by atoms with Crippen LogP contribution < -0.4 is 10.6 Å². The summed E-state index contributed by atoms with van der Waals surface area (Å²) in [5, 5.41) is 6.93. The van der Waals surface area contributed by atoms with Gasteiger partial charge in [-0.05, 0) is 57.4 Å². The van der Waals surface area contributed by atoms with Crippen LogP contribution in [0.25, 0.3) is 0 Å². The number of amides is 1. The lowest BCUT2D eigenvalue weighted by Gasteiger charge is -2.48. The van der Waals surface area contributed by atoms with Crippen molar-refractivity contribution in [2.75, 3.05) is 6.54 Å². The minimum absolute atomic E-state index is 0.238. The van der Waals surface area contributed by atoms with Crippen LogP contribution in [0.4, 0.5) is 0 Å². The number of nitrogens with one attached hydrogen (secondary N) is 2. The summed E-state index contributed by atoms with van der Waals surface area (Å²) in [6.45, 7) is 3.16. The third-order valence-electron chi connectivity index (χ3n) is 5.03. The molecule has 1 amide bonds. The standard InChI is InChI=1S/C14H24N2O/c1-10(11-3-4-11)13(17)16-12-5-8-15-14(9-12)6-2-7-14/h10-12,15H,2-9H2,1H3,(H,16,17). The molecule has 3 heteroatoms. The quantitative estimate of drug-likeness (QED) is 0.785. The van der Waals surface area contributed by atoms with E-state index in [1.807, 2.05) is 0 Å². The van der Waals surface area contributed by atoms with Crippen molar-refractivity contribution in [1.82, 2.24) is 10.6 Å². The average Bonchev–Trinajstić information content (AvgIpc) is 3.10. The molecule has 2 unspecified atom stereocenters. The molecule has 3 fully saturated rings. The monoisotopic (exact) mass is 236 g/mol. The minimum Gasteiger partial charge on any atom is -0.353 e. The first-order valence-electron chi connectivity index (χ1n) is 7.24. The molecule has 0 aromatic carbocycles. The van der Waals surface area contributed by atoms with Crippen molar-refractivity contribution in [2.45, 2.75) is 63.5 Å². The molecule has 0 aromatic rings. The normalized spacial score (nSPS) is 32.9. The molecule has 17 heavy (non-hydrogen) atoms. The summed E-state index contributed by atoms with van der Waals surface area (Å²) in [5.74, 6) is 1.21. The summed E-state index contributed by atoms with van der Waals surface area (Å²) in [7, 11) is 0. The number of carbonyl (C=O) groups excluding carboxylic acids is 1. The van der Waals surface area contributed by atoms with Crippen LogP contribution in [0.5, 0.6) is 0 Å². The summed E-state index contributed by atoms with van der Waals surface area (Å²) < 4.78 is 0. The van der Waals surface area contributed by atoms with Crippen LogP contribution in [-0.2, 0) is 4.79 Å². The first kappa shape index (κ1) is 11.5. The lowest BCUT2D eigenvalue weighted by Crippen LogP contribution is -2.60. The van der Waals surface area contributed by atoms with Gasteiger partial charge in [0, 0.05) is 17.5 Å². The summed E-state index contributed by atoms with van der Waals surface area (Å²) in [4.78, 5) is 12.1. The van der Waals surface area contributed by atoms with Gasteiger partial charge in [-0.25, -0.2) is 0 Å². The minimum atomic E-state index is 0.238. The van der Waals surface area contributed by atoms with Crippen LogP contribution in [-0.4, -0.2) is 24.0 Å². The lowest BCUT2D eigenvalue weighted by atomic mass is 9.70. The Hall–Kier alpha value is -0.570. The van der Waals surface area contributed by atoms with E-state index in [-0.39, 0.29) is 5.92 Å². The number of carbonyl (C=O) groups is 1. The Bertz CT molecular complexity index is 307. The van der Waals surface area contributed by atoms with E-state index in [1.165, 1.54) is 32.1 Å². The van der Waals surface area contributed by atoms with Crippen molar-refractivity contribution in [2.24, 2.45) is 11.8 Å². The number of piperidine rings is 1. The van der Waals surface area contributed by atoms with E-state index in [4.69, 9.17) is 0 Å². The molecule has 2 saturated carbocycles. The topological polar surface area (TPSA) is 41.1 Å². The van der Waals surface area contributed by atoms with Gasteiger partial charge >= 0.3 is 0 Å². The molecular formula is C14H24N2O. The number of hydrogen-bond acceptors (Lipinski definition) is 2. The maximum absolute atomic E-state index is 12.1. The van der Waals surface area contributed by atoms with Crippen molar-refractivity contribution in [3.63, 3.8) is 0 Å². The Balaban J connectivity index is 1.52. The van der Waals surface area contributed by atoms with E-state index in [0.29, 0.717) is 23.4 Å². The van der Waals surface area contributed by atoms with Gasteiger partial charge in [0.25, 0.3) is 0 Å². The van der Waals surface area contributed by atoms with Gasteiger partial charge in [-0.3, -0.25) is 4.79 Å². The third-order valence-corrected chi connectivity index (χ3v) is 5.03. The SMILES string of the molecule is CC(C(=O)NC1CCNC2(CCC2)C1)C1CC1. The second-order valence-electron chi connectivity index (χ2n) is 6.39. The first-order chi connectivity index (χ1) is 8.19. The van der Waals surface area contributed by atoms with E-state index < -0.39 is 0 Å². The predicted molar refractivity (Wildman–Crippen MR) is 67.6 cm³/mol. The fourth-order valence-corrected chi connectivity index (χ4v) is 3.41. The van der Waals surface area contributed by atoms with E-state index in [1.54, 1.807) is 0 Å². The third kappa shape index (κ3) is 2.35. The molecule has 2 atom stereocenters. The fourth-order valence-electron chi connectivity index (χ4n) is 3.41. The van der Waals surface area contributed by atoms with Gasteiger partial charge in [-0.2, -0.15) is 0 Å². The molecule has 3 nitrogen and oxygen atoms in total. The zero-order chi connectivity index (χ0) is 11.9. The lowest BCUT2D eigenvalue weighted by molar-refractivity contribution is -0.126. The largest absolute Gasteiger partial charge is 0.353 e. The van der Waals surface area contributed by atoms with Crippen LogP contribution in [0.3, 0.4) is 0 Å². The van der Waals surface area contributed by atoms with E-state index in [0.717, 1.165) is 19.4 Å². The molecule has 1 aliphatic heterocycles. The van der Waals surface area contributed by atoms with Crippen molar-refractivity contribution >= 4 is 5.91 Å². The molecule has 3 aliphatic rings. The highest BCUT2D eigenvalue weighted by molar-refractivity contribution is 5.79. The van der Waals surface area contributed by atoms with E-state index in [2.05, 4.69) is 17.6 Å². The second kappa shape index (κ2) is 4.27. The van der Waals surface area contributed by atoms with Gasteiger partial charge in [0.15, 0.2) is 0 Å². The summed E-state index contributed by atoms with van der Waals surface area (Å²) in [5.41, 5.74) is 0.388. The molecule has 0 aromatic heterocycles. The van der Waals surface area contributed by atoms with Gasteiger partial charge in [0.05, 0.1) is 0 Å². The average molecular weight is 236 g/mol. The Labute approximate surface area is 104 Å². The van der Waals surface area contributed by atoms with Crippen molar-refractivity contribution in [3.8, 4) is 0 Å². The Kier molecular flexibility index (Phi) is 2.89. The van der Waals surface area contributed by atoms with Gasteiger partial charge in [0.2, 0.25) is 5.91 Å². The fraction of sp³-hybridized carbons (Fsp3) is 0.929. The van der Waals surface area contributed by atoms with Crippen LogP contribution in [0.1, 0.15) is 51.9 Å². The van der Waals surface area contributed by atoms with Crippen molar-refractivity contribution in [1.29, 1.82) is 0 Å². The highest BCUT2D eigenvalue weighted by Crippen LogP contribution is 2.39. The maximum atomic E-state index is 12.1. The molecule has 2 N–H and O–H groups in total. The van der Waals surface area contributed by atoms with Gasteiger partial charge in [0.1, 0.15) is 0 Å². The Morgan fingerprint density at radius 1 is 1.35 bits per heavy atom. The first-order valence-corrected chi connectivity index (χ1v) is 7.24. The van der Waals surface area contributed by atoms with E-state index >= 15 is 0 Å². The van der Waals surface area contributed by atoms with Crippen LogP contribution >= 0.6 is 0 Å². The number of rotatable bonds is 3. The molecule has 0 bridgehead atoms. The van der Waals surface area contributed by atoms with Crippen LogP contribution in [0.15, 0.2) is 0 Å². The molecule has 2 aliphatic carbocycles. The highest BCUT2D eigenvalue weighted by Gasteiger charge is 2.42. The molecule has 96 valence electrons. The van der Waals surface area contributed by atoms with Crippen LogP contribution in [0, 0.1) is 11.8 Å². The summed E-state index contributed by atoms with van der Waals surface area (Å²) in [6, 6.07) is 0.422. The Morgan fingerprint density at radius 2 is 2.12 bits per heavy atom. The molecule has 0 radical (unpaired) electrons. The maximum Gasteiger partial charge on any atom is 0.223 e. The molecule has 1 saturated heterocycles. The van der Waals surface area contributed by atoms with E-state index in [9.17, 15) is 4.79 Å². The van der Waals surface area contributed by atoms with Crippen LogP contribution in [0.2, 0.25) is 0 Å². The predicted octanol–water partition coefficient (Wildman–Crippen LogP) is 1.82. The van der Waals surface area contributed by atoms with Gasteiger partial charge in [-0.1, -0.05) is 6.92 Å². The smallest absolute Gasteiger partial charge is 0.223 e. The molecular weight excluding hydrogens is 212 g/mol. The molecule has 1 heterocycles. The zero-order valence-corrected chi connectivity index (χ0v) is 10.8. The number of hydrogen-bond donors (Lipinski definition) is 2. The second-order valence-corrected chi connectivity index (χ2v) is 6.39. The van der Waals surface area contributed by atoms with Gasteiger partial charge in [-0.15, -0.1) is 0 Å². The Morgan fingerprint density at radius 3 is 2.71 bits per heavy atom. The van der Waals surface area contributed by atoms with Crippen molar-refractivity contribution < 1.29 is 4.79 Å². The van der Waals surface area contributed by atoms with Gasteiger partial charge < -0.3 is 10.6 Å². The summed E-state index contributed by atoms with van der Waals surface area (Å²) in [6.07, 6.45) is 8.72.